The Labute approximate surface area is 183 Å². The molecular formula is C26H28O5. The number of aliphatic hydroxyl groups is 1. The molecular weight excluding hydrogens is 392 g/mol. The predicted octanol–water partition coefficient (Wildman–Crippen LogP) is 4.09. The standard InChI is InChI=1S/C26H28O5/c27-26-25(30-18-22-14-8-3-9-15-22)24(29-17-21-12-6-2-7-13-21)23(31-26)19-28-16-20-10-4-1-5-11-20/h1-15,23-27H,16-19H2/t23-,24+,25-,26+/m1/s1. The minimum absolute atomic E-state index is 0.302. The Bertz CT molecular complexity index is 887. The maximum atomic E-state index is 10.5. The first kappa shape index (κ1) is 21.7. The monoisotopic (exact) mass is 420 g/mol. The van der Waals surface area contributed by atoms with Gasteiger partial charge in [-0.15, -0.1) is 0 Å². The fourth-order valence-electron chi connectivity index (χ4n) is 3.62. The van der Waals surface area contributed by atoms with Crippen LogP contribution in [0.4, 0.5) is 0 Å². The van der Waals surface area contributed by atoms with Crippen molar-refractivity contribution in [3.8, 4) is 0 Å². The van der Waals surface area contributed by atoms with Crippen LogP contribution in [-0.2, 0) is 38.8 Å². The lowest BCUT2D eigenvalue weighted by molar-refractivity contribution is -0.153. The number of ether oxygens (including phenoxy) is 4. The molecule has 1 aliphatic rings. The molecule has 0 amide bonds. The third-order valence-corrected chi connectivity index (χ3v) is 5.25. The Balaban J connectivity index is 1.39. The first-order valence-electron chi connectivity index (χ1n) is 10.6. The topological polar surface area (TPSA) is 57.2 Å². The zero-order valence-electron chi connectivity index (χ0n) is 17.4. The predicted molar refractivity (Wildman–Crippen MR) is 117 cm³/mol. The summed E-state index contributed by atoms with van der Waals surface area (Å²) in [6.07, 6.45) is -2.55. The van der Waals surface area contributed by atoms with Gasteiger partial charge in [-0.2, -0.15) is 0 Å². The van der Waals surface area contributed by atoms with Gasteiger partial charge in [0.25, 0.3) is 0 Å². The number of hydrogen-bond donors (Lipinski definition) is 1. The molecule has 0 bridgehead atoms. The van der Waals surface area contributed by atoms with Gasteiger partial charge in [-0.05, 0) is 16.7 Å². The molecule has 0 saturated carbocycles. The molecule has 0 aliphatic carbocycles. The summed E-state index contributed by atoms with van der Waals surface area (Å²) in [5.41, 5.74) is 3.16. The van der Waals surface area contributed by atoms with Gasteiger partial charge in [0.05, 0.1) is 26.4 Å². The van der Waals surface area contributed by atoms with E-state index in [-0.39, 0.29) is 0 Å². The van der Waals surface area contributed by atoms with Gasteiger partial charge in [0.15, 0.2) is 6.29 Å². The van der Waals surface area contributed by atoms with E-state index < -0.39 is 24.6 Å². The van der Waals surface area contributed by atoms with Crippen molar-refractivity contribution in [3.05, 3.63) is 108 Å². The van der Waals surface area contributed by atoms with Crippen LogP contribution in [0.3, 0.4) is 0 Å². The SMILES string of the molecule is O[C@H]1O[C@H](COCc2ccccc2)[C@H](OCc2ccccc2)[C@H]1OCc1ccccc1. The maximum absolute atomic E-state index is 10.5. The summed E-state index contributed by atoms with van der Waals surface area (Å²) in [5.74, 6) is 0. The van der Waals surface area contributed by atoms with Crippen LogP contribution in [0.1, 0.15) is 16.7 Å². The fourth-order valence-corrected chi connectivity index (χ4v) is 3.62. The smallest absolute Gasteiger partial charge is 0.184 e. The molecule has 1 saturated heterocycles. The molecule has 0 radical (unpaired) electrons. The number of aliphatic hydroxyl groups excluding tert-OH is 1. The van der Waals surface area contributed by atoms with E-state index in [9.17, 15) is 5.11 Å². The fraction of sp³-hybridized carbons (Fsp3) is 0.308. The molecule has 1 heterocycles. The second-order valence-corrected chi connectivity index (χ2v) is 7.59. The first-order chi connectivity index (χ1) is 15.3. The van der Waals surface area contributed by atoms with Gasteiger partial charge >= 0.3 is 0 Å². The van der Waals surface area contributed by atoms with Crippen molar-refractivity contribution in [2.24, 2.45) is 0 Å². The lowest BCUT2D eigenvalue weighted by Gasteiger charge is -2.24. The van der Waals surface area contributed by atoms with Crippen LogP contribution in [0, 0.1) is 0 Å². The second-order valence-electron chi connectivity index (χ2n) is 7.59. The van der Waals surface area contributed by atoms with E-state index in [1.165, 1.54) is 0 Å². The van der Waals surface area contributed by atoms with Crippen molar-refractivity contribution in [1.29, 1.82) is 0 Å². The lowest BCUT2D eigenvalue weighted by Crippen LogP contribution is -2.39. The lowest BCUT2D eigenvalue weighted by atomic mass is 10.1. The summed E-state index contributed by atoms with van der Waals surface area (Å²) in [5, 5.41) is 10.5. The Morgan fingerprint density at radius 3 is 1.58 bits per heavy atom. The highest BCUT2D eigenvalue weighted by molar-refractivity contribution is 5.15. The molecule has 1 fully saturated rings. The molecule has 5 heteroatoms. The van der Waals surface area contributed by atoms with Crippen LogP contribution in [0.5, 0.6) is 0 Å². The van der Waals surface area contributed by atoms with E-state index in [0.717, 1.165) is 16.7 Å². The number of benzene rings is 3. The minimum atomic E-state index is -1.07. The largest absolute Gasteiger partial charge is 0.374 e. The van der Waals surface area contributed by atoms with Gasteiger partial charge in [-0.1, -0.05) is 91.0 Å². The third kappa shape index (κ3) is 6.23. The molecule has 3 aromatic carbocycles. The van der Waals surface area contributed by atoms with Gasteiger partial charge in [-0.25, -0.2) is 0 Å². The summed E-state index contributed by atoms with van der Waals surface area (Å²) in [6.45, 7) is 1.55. The van der Waals surface area contributed by atoms with Crippen molar-refractivity contribution in [2.75, 3.05) is 6.61 Å². The summed E-state index contributed by atoms with van der Waals surface area (Å²) in [7, 11) is 0. The Kier molecular flexibility index (Phi) is 7.82. The number of rotatable bonds is 10. The van der Waals surface area contributed by atoms with Crippen LogP contribution in [0.15, 0.2) is 91.0 Å². The van der Waals surface area contributed by atoms with Crippen molar-refractivity contribution in [2.45, 2.75) is 44.4 Å². The third-order valence-electron chi connectivity index (χ3n) is 5.25. The molecule has 1 N–H and O–H groups in total. The molecule has 3 aromatic rings. The first-order valence-corrected chi connectivity index (χ1v) is 10.6. The highest BCUT2D eigenvalue weighted by atomic mass is 16.7. The molecule has 0 aromatic heterocycles. The van der Waals surface area contributed by atoms with Crippen LogP contribution >= 0.6 is 0 Å². The number of hydrogen-bond acceptors (Lipinski definition) is 5. The van der Waals surface area contributed by atoms with Gasteiger partial charge in [-0.3, -0.25) is 0 Å². The van der Waals surface area contributed by atoms with Gasteiger partial charge in [0, 0.05) is 0 Å². The van der Waals surface area contributed by atoms with Crippen LogP contribution in [0.25, 0.3) is 0 Å². The van der Waals surface area contributed by atoms with Gasteiger partial charge in [0.2, 0.25) is 0 Å². The van der Waals surface area contributed by atoms with E-state index in [4.69, 9.17) is 18.9 Å². The second kappa shape index (κ2) is 11.2. The zero-order chi connectivity index (χ0) is 21.3. The molecule has 5 nitrogen and oxygen atoms in total. The van der Waals surface area contributed by atoms with Gasteiger partial charge < -0.3 is 24.1 Å². The average Bonchev–Trinajstić information content (AvgIpc) is 3.12. The van der Waals surface area contributed by atoms with Crippen molar-refractivity contribution in [1.82, 2.24) is 0 Å². The van der Waals surface area contributed by atoms with Crippen LogP contribution in [0.2, 0.25) is 0 Å². The van der Waals surface area contributed by atoms with Crippen molar-refractivity contribution >= 4 is 0 Å². The molecule has 1 aliphatic heterocycles. The molecule has 4 atom stereocenters. The summed E-state index contributed by atoms with van der Waals surface area (Å²) >= 11 is 0. The van der Waals surface area contributed by atoms with E-state index >= 15 is 0 Å². The Hall–Kier alpha value is -2.54. The van der Waals surface area contributed by atoms with Crippen molar-refractivity contribution in [3.63, 3.8) is 0 Å². The van der Waals surface area contributed by atoms with E-state index in [1.54, 1.807) is 0 Å². The maximum Gasteiger partial charge on any atom is 0.184 e. The Morgan fingerprint density at radius 2 is 1.06 bits per heavy atom. The normalized spacial score (nSPS) is 23.1. The molecule has 162 valence electrons. The van der Waals surface area contributed by atoms with E-state index in [2.05, 4.69) is 0 Å². The molecule has 0 spiro atoms. The molecule has 31 heavy (non-hydrogen) atoms. The highest BCUT2D eigenvalue weighted by Crippen LogP contribution is 2.28. The summed E-state index contributed by atoms with van der Waals surface area (Å²) in [6, 6.07) is 29.8. The quantitative estimate of drug-likeness (QED) is 0.535. The zero-order valence-corrected chi connectivity index (χ0v) is 17.4. The van der Waals surface area contributed by atoms with E-state index in [0.29, 0.717) is 26.4 Å². The van der Waals surface area contributed by atoms with Crippen LogP contribution in [-0.4, -0.2) is 36.3 Å². The average molecular weight is 421 g/mol. The molecule has 4 rings (SSSR count). The molecule has 0 unspecified atom stereocenters. The Morgan fingerprint density at radius 1 is 0.613 bits per heavy atom. The van der Waals surface area contributed by atoms with Crippen LogP contribution < -0.4 is 0 Å². The van der Waals surface area contributed by atoms with Crippen molar-refractivity contribution < 1.29 is 24.1 Å². The minimum Gasteiger partial charge on any atom is -0.374 e. The summed E-state index contributed by atoms with van der Waals surface area (Å²) in [4.78, 5) is 0. The van der Waals surface area contributed by atoms with E-state index in [1.807, 2.05) is 91.0 Å². The van der Waals surface area contributed by atoms with Gasteiger partial charge in [0.1, 0.15) is 18.3 Å². The highest BCUT2D eigenvalue weighted by Gasteiger charge is 2.45. The summed E-state index contributed by atoms with van der Waals surface area (Å²) < 4.78 is 23.9.